The second-order valence-corrected chi connectivity index (χ2v) is 4.33. The number of nitrogen functional groups attached to an aromatic ring is 1. The molecule has 86 valence electrons. The zero-order valence-corrected chi connectivity index (χ0v) is 9.20. The number of hydrogen-bond acceptors (Lipinski definition) is 3. The fraction of sp³-hybridized carbons (Fsp3) is 0.417. The lowest BCUT2D eigenvalue weighted by atomic mass is 10.1. The van der Waals surface area contributed by atoms with Crippen LogP contribution < -0.4 is 16.8 Å². The van der Waals surface area contributed by atoms with Crippen molar-refractivity contribution in [2.75, 3.05) is 17.6 Å². The van der Waals surface area contributed by atoms with Gasteiger partial charge in [-0.25, -0.2) is 0 Å². The van der Waals surface area contributed by atoms with Crippen LogP contribution in [0.4, 0.5) is 11.4 Å². The number of amides is 1. The molecule has 4 heteroatoms. The number of nitrogens with two attached hydrogens (primary N) is 2. The van der Waals surface area contributed by atoms with Gasteiger partial charge in [0, 0.05) is 17.9 Å². The maximum atomic E-state index is 11.1. The lowest BCUT2D eigenvalue weighted by molar-refractivity contribution is 0.100. The summed E-state index contributed by atoms with van der Waals surface area (Å²) in [6.07, 6.45) is 3.90. The second kappa shape index (κ2) is 4.43. The van der Waals surface area contributed by atoms with Crippen molar-refractivity contribution in [3.05, 3.63) is 23.8 Å². The predicted octanol–water partition coefficient (Wildman–Crippen LogP) is 1.58. The number of hydrogen-bond donors (Lipinski definition) is 3. The van der Waals surface area contributed by atoms with Crippen molar-refractivity contribution in [2.45, 2.75) is 19.3 Å². The van der Waals surface area contributed by atoms with Crippen LogP contribution in [0.25, 0.3) is 0 Å². The van der Waals surface area contributed by atoms with Crippen LogP contribution in [0.1, 0.15) is 29.6 Å². The van der Waals surface area contributed by atoms with E-state index in [1.54, 1.807) is 12.1 Å². The molecule has 0 spiro atoms. The first-order chi connectivity index (χ1) is 7.66. The molecule has 1 fully saturated rings. The van der Waals surface area contributed by atoms with Crippen molar-refractivity contribution >= 4 is 17.3 Å². The molecule has 5 N–H and O–H groups in total. The van der Waals surface area contributed by atoms with Gasteiger partial charge in [-0.2, -0.15) is 0 Å². The Morgan fingerprint density at radius 2 is 2.19 bits per heavy atom. The average molecular weight is 219 g/mol. The average Bonchev–Trinajstić information content (AvgIpc) is 3.04. The Morgan fingerprint density at radius 3 is 2.81 bits per heavy atom. The van der Waals surface area contributed by atoms with E-state index in [9.17, 15) is 4.79 Å². The lowest BCUT2D eigenvalue weighted by Crippen LogP contribution is -2.14. The summed E-state index contributed by atoms with van der Waals surface area (Å²) in [5.41, 5.74) is 12.6. The van der Waals surface area contributed by atoms with E-state index in [1.165, 1.54) is 19.3 Å². The molecule has 0 aromatic heterocycles. The summed E-state index contributed by atoms with van der Waals surface area (Å²) in [7, 11) is 0. The number of anilines is 2. The number of rotatable bonds is 5. The van der Waals surface area contributed by atoms with Crippen molar-refractivity contribution in [1.82, 2.24) is 0 Å². The maximum absolute atomic E-state index is 11.1. The molecule has 1 aromatic carbocycles. The van der Waals surface area contributed by atoms with E-state index in [-0.39, 0.29) is 0 Å². The van der Waals surface area contributed by atoms with E-state index in [0.717, 1.165) is 18.2 Å². The van der Waals surface area contributed by atoms with Gasteiger partial charge >= 0.3 is 0 Å². The molecular formula is C12H17N3O. The Kier molecular flexibility index (Phi) is 2.99. The van der Waals surface area contributed by atoms with Gasteiger partial charge in [-0.3, -0.25) is 4.79 Å². The molecule has 0 radical (unpaired) electrons. The summed E-state index contributed by atoms with van der Waals surface area (Å²) in [4.78, 5) is 11.1. The third-order valence-corrected chi connectivity index (χ3v) is 2.90. The highest BCUT2D eigenvalue weighted by Crippen LogP contribution is 2.32. The molecule has 4 nitrogen and oxygen atoms in total. The fourth-order valence-corrected chi connectivity index (χ4v) is 1.71. The number of benzene rings is 1. The van der Waals surface area contributed by atoms with Crippen molar-refractivity contribution < 1.29 is 4.79 Å². The molecule has 1 aromatic rings. The van der Waals surface area contributed by atoms with E-state index < -0.39 is 5.91 Å². The SMILES string of the molecule is NC(=O)c1cc(NCCC2CC2)ccc1N. The van der Waals surface area contributed by atoms with Gasteiger partial charge in [-0.05, 0) is 30.5 Å². The highest BCUT2D eigenvalue weighted by atomic mass is 16.1. The van der Waals surface area contributed by atoms with Crippen molar-refractivity contribution in [3.63, 3.8) is 0 Å². The Bertz CT molecular complexity index is 399. The lowest BCUT2D eigenvalue weighted by Gasteiger charge is -2.08. The van der Waals surface area contributed by atoms with Crippen LogP contribution in [0.2, 0.25) is 0 Å². The quantitative estimate of drug-likeness (QED) is 0.658. The third-order valence-electron chi connectivity index (χ3n) is 2.90. The van der Waals surface area contributed by atoms with Crippen LogP contribution >= 0.6 is 0 Å². The van der Waals surface area contributed by atoms with Gasteiger partial charge in [0.1, 0.15) is 0 Å². The summed E-state index contributed by atoms with van der Waals surface area (Å²) in [6, 6.07) is 5.29. The smallest absolute Gasteiger partial charge is 0.250 e. The standard InChI is InChI=1S/C12H17N3O/c13-11-4-3-9(7-10(11)12(14)16)15-6-5-8-1-2-8/h3-4,7-8,15H,1-2,5-6,13H2,(H2,14,16). The summed E-state index contributed by atoms with van der Waals surface area (Å²) < 4.78 is 0. The minimum Gasteiger partial charge on any atom is -0.398 e. The molecule has 1 aliphatic carbocycles. The van der Waals surface area contributed by atoms with Crippen LogP contribution in [0.3, 0.4) is 0 Å². The summed E-state index contributed by atoms with van der Waals surface area (Å²) >= 11 is 0. The van der Waals surface area contributed by atoms with Crippen LogP contribution in [0.5, 0.6) is 0 Å². The molecule has 0 atom stereocenters. The molecule has 2 rings (SSSR count). The van der Waals surface area contributed by atoms with Gasteiger partial charge in [0.05, 0.1) is 5.56 Å². The van der Waals surface area contributed by atoms with Gasteiger partial charge < -0.3 is 16.8 Å². The topological polar surface area (TPSA) is 81.1 Å². The molecular weight excluding hydrogens is 202 g/mol. The van der Waals surface area contributed by atoms with Gasteiger partial charge in [0.15, 0.2) is 0 Å². The highest BCUT2D eigenvalue weighted by Gasteiger charge is 2.20. The molecule has 0 bridgehead atoms. The Balaban J connectivity index is 1.97. The summed E-state index contributed by atoms with van der Waals surface area (Å²) in [5, 5.41) is 3.28. The molecule has 0 unspecified atom stereocenters. The molecule has 1 amide bonds. The molecule has 0 saturated heterocycles. The first kappa shape index (κ1) is 10.8. The molecule has 1 saturated carbocycles. The van der Waals surface area contributed by atoms with Crippen LogP contribution in [-0.4, -0.2) is 12.5 Å². The molecule has 0 aliphatic heterocycles. The van der Waals surface area contributed by atoms with Crippen LogP contribution in [0.15, 0.2) is 18.2 Å². The number of primary amides is 1. The maximum Gasteiger partial charge on any atom is 0.250 e. The number of carbonyl (C=O) groups is 1. The van der Waals surface area contributed by atoms with Crippen molar-refractivity contribution in [2.24, 2.45) is 11.7 Å². The monoisotopic (exact) mass is 219 g/mol. The number of nitrogens with one attached hydrogen (secondary N) is 1. The summed E-state index contributed by atoms with van der Waals surface area (Å²) in [5.74, 6) is 0.417. The number of carbonyl (C=O) groups excluding carboxylic acids is 1. The largest absolute Gasteiger partial charge is 0.398 e. The van der Waals surface area contributed by atoms with Crippen molar-refractivity contribution in [3.8, 4) is 0 Å². The van der Waals surface area contributed by atoms with E-state index in [1.807, 2.05) is 6.07 Å². The van der Waals surface area contributed by atoms with Crippen LogP contribution in [0, 0.1) is 5.92 Å². The zero-order chi connectivity index (χ0) is 11.5. The van der Waals surface area contributed by atoms with Gasteiger partial charge in [-0.1, -0.05) is 12.8 Å². The van der Waals surface area contributed by atoms with Gasteiger partial charge in [0.2, 0.25) is 0 Å². The predicted molar refractivity (Wildman–Crippen MR) is 65.2 cm³/mol. The molecule has 16 heavy (non-hydrogen) atoms. The van der Waals surface area contributed by atoms with Crippen molar-refractivity contribution in [1.29, 1.82) is 0 Å². The highest BCUT2D eigenvalue weighted by molar-refractivity contribution is 5.98. The minimum atomic E-state index is -0.483. The second-order valence-electron chi connectivity index (χ2n) is 4.33. The Labute approximate surface area is 95.0 Å². The van der Waals surface area contributed by atoms with Gasteiger partial charge in [-0.15, -0.1) is 0 Å². The summed E-state index contributed by atoms with van der Waals surface area (Å²) in [6.45, 7) is 0.937. The fourth-order valence-electron chi connectivity index (χ4n) is 1.71. The first-order valence-corrected chi connectivity index (χ1v) is 5.60. The first-order valence-electron chi connectivity index (χ1n) is 5.60. The van der Waals surface area contributed by atoms with Gasteiger partial charge in [0.25, 0.3) is 5.91 Å². The molecule has 1 aliphatic rings. The Morgan fingerprint density at radius 1 is 1.44 bits per heavy atom. The van der Waals surface area contributed by atoms with E-state index in [4.69, 9.17) is 11.5 Å². The van der Waals surface area contributed by atoms with E-state index in [2.05, 4.69) is 5.32 Å². The van der Waals surface area contributed by atoms with E-state index in [0.29, 0.717) is 11.3 Å². The minimum absolute atomic E-state index is 0.386. The zero-order valence-electron chi connectivity index (χ0n) is 9.20. The molecule has 0 heterocycles. The Hall–Kier alpha value is -1.71. The van der Waals surface area contributed by atoms with Crippen LogP contribution in [-0.2, 0) is 0 Å². The normalized spacial score (nSPS) is 14.8. The van der Waals surface area contributed by atoms with E-state index >= 15 is 0 Å². The third kappa shape index (κ3) is 2.66.